The predicted octanol–water partition coefficient (Wildman–Crippen LogP) is 1.96. The first-order valence-corrected chi connectivity index (χ1v) is 4.24. The summed E-state index contributed by atoms with van der Waals surface area (Å²) in [5, 5.41) is 1.22. The average molecular weight is 168 g/mol. The first-order chi connectivity index (χ1) is 6.42. The second kappa shape index (κ2) is 3.28. The highest BCUT2D eigenvalue weighted by molar-refractivity contribution is 5.75. The van der Waals surface area contributed by atoms with E-state index in [-0.39, 0.29) is 0 Å². The van der Waals surface area contributed by atoms with Crippen molar-refractivity contribution < 1.29 is 4.57 Å². The smallest absolute Gasteiger partial charge is 0.111 e. The molecule has 0 amide bonds. The largest absolute Gasteiger partial charge is 0.228 e. The van der Waals surface area contributed by atoms with Crippen LogP contribution >= 0.6 is 0 Å². The number of pyridine rings is 1. The minimum atomic E-state index is 1.15. The van der Waals surface area contributed by atoms with E-state index < -0.39 is 0 Å². The Morgan fingerprint density at radius 3 is 2.69 bits per heavy atom. The van der Waals surface area contributed by atoms with E-state index in [2.05, 4.69) is 30.2 Å². The Balaban J connectivity index is 2.80. The van der Waals surface area contributed by atoms with Crippen LogP contribution in [0.5, 0.6) is 0 Å². The van der Waals surface area contributed by atoms with Gasteiger partial charge in [0.15, 0.2) is 6.20 Å². The molecule has 0 spiro atoms. The summed E-state index contributed by atoms with van der Waals surface area (Å²) in [4.78, 5) is 0. The molecule has 1 aromatic heterocycles. The van der Waals surface area contributed by atoms with Crippen molar-refractivity contribution in [3.8, 4) is 12.0 Å². The first kappa shape index (κ1) is 7.82. The molecular weight excluding hydrogens is 158 g/mol. The fourth-order valence-electron chi connectivity index (χ4n) is 1.38. The van der Waals surface area contributed by atoms with Gasteiger partial charge in [0.25, 0.3) is 0 Å². The SMILES string of the molecule is CC#C[n+]1cccc2ccccc21. The summed E-state index contributed by atoms with van der Waals surface area (Å²) in [6.07, 6.45) is 1.97. The molecule has 1 heterocycles. The van der Waals surface area contributed by atoms with Crippen LogP contribution in [0.3, 0.4) is 0 Å². The fourth-order valence-corrected chi connectivity index (χ4v) is 1.38. The molecule has 0 aliphatic heterocycles. The fraction of sp³-hybridized carbons (Fsp3) is 0.0833. The van der Waals surface area contributed by atoms with Gasteiger partial charge in [-0.15, -0.1) is 4.57 Å². The molecule has 0 radical (unpaired) electrons. The van der Waals surface area contributed by atoms with E-state index >= 15 is 0 Å². The van der Waals surface area contributed by atoms with Gasteiger partial charge in [0, 0.05) is 24.4 Å². The lowest BCUT2D eigenvalue weighted by atomic mass is 10.2. The van der Waals surface area contributed by atoms with Gasteiger partial charge in [-0.2, -0.15) is 0 Å². The van der Waals surface area contributed by atoms with Gasteiger partial charge in [0.05, 0.1) is 0 Å². The standard InChI is InChI=1S/C12H10N/c1-2-9-13-10-5-7-11-6-3-4-8-12(11)13/h3-8,10H,1H3/q+1. The zero-order valence-electron chi connectivity index (χ0n) is 7.49. The van der Waals surface area contributed by atoms with Crippen LogP contribution in [0, 0.1) is 12.0 Å². The van der Waals surface area contributed by atoms with Gasteiger partial charge in [-0.1, -0.05) is 12.1 Å². The topological polar surface area (TPSA) is 3.88 Å². The van der Waals surface area contributed by atoms with Crippen molar-refractivity contribution in [1.29, 1.82) is 0 Å². The highest BCUT2D eigenvalue weighted by atomic mass is 14.9. The van der Waals surface area contributed by atoms with Crippen molar-refractivity contribution in [1.82, 2.24) is 0 Å². The Kier molecular flexibility index (Phi) is 1.97. The molecular formula is C12H10N+. The number of fused-ring (bicyclic) bond motifs is 1. The number of hydrogen-bond donors (Lipinski definition) is 0. The Labute approximate surface area is 77.6 Å². The second-order valence-corrected chi connectivity index (χ2v) is 2.80. The molecule has 0 aliphatic rings. The zero-order chi connectivity index (χ0) is 9.10. The van der Waals surface area contributed by atoms with Crippen molar-refractivity contribution in [2.75, 3.05) is 0 Å². The molecule has 1 heteroatoms. The van der Waals surface area contributed by atoms with Crippen LogP contribution in [-0.4, -0.2) is 0 Å². The number of nitrogens with zero attached hydrogens (tertiary/aromatic N) is 1. The molecule has 1 nitrogen and oxygen atoms in total. The van der Waals surface area contributed by atoms with Gasteiger partial charge in [-0.3, -0.25) is 0 Å². The van der Waals surface area contributed by atoms with Crippen molar-refractivity contribution in [2.45, 2.75) is 6.92 Å². The van der Waals surface area contributed by atoms with Crippen LogP contribution in [0.4, 0.5) is 0 Å². The maximum Gasteiger partial charge on any atom is 0.228 e. The molecule has 0 N–H and O–H groups in total. The first-order valence-electron chi connectivity index (χ1n) is 4.24. The number of rotatable bonds is 0. The average Bonchev–Trinajstić information content (AvgIpc) is 2.19. The lowest BCUT2D eigenvalue weighted by molar-refractivity contribution is -0.554. The minimum absolute atomic E-state index is 1.15. The van der Waals surface area contributed by atoms with Crippen molar-refractivity contribution in [3.05, 3.63) is 42.6 Å². The third kappa shape index (κ3) is 1.39. The maximum atomic E-state index is 3.02. The van der Waals surface area contributed by atoms with Crippen LogP contribution < -0.4 is 4.57 Å². The van der Waals surface area contributed by atoms with E-state index in [0.29, 0.717) is 0 Å². The Bertz CT molecular complexity index is 484. The summed E-state index contributed by atoms with van der Waals surface area (Å²) in [7, 11) is 0. The third-order valence-electron chi connectivity index (χ3n) is 1.94. The molecule has 62 valence electrons. The summed E-state index contributed by atoms with van der Waals surface area (Å²) in [6.45, 7) is 1.84. The molecule has 0 fully saturated rings. The molecule has 0 saturated heterocycles. The number of hydrogen-bond acceptors (Lipinski definition) is 0. The van der Waals surface area contributed by atoms with Crippen LogP contribution in [0.1, 0.15) is 6.92 Å². The van der Waals surface area contributed by atoms with Gasteiger partial charge in [-0.05, 0) is 18.1 Å². The van der Waals surface area contributed by atoms with E-state index in [1.165, 1.54) is 5.39 Å². The van der Waals surface area contributed by atoms with E-state index in [1.807, 2.05) is 35.9 Å². The maximum absolute atomic E-state index is 3.02. The Morgan fingerprint density at radius 2 is 1.85 bits per heavy atom. The molecule has 0 atom stereocenters. The molecule has 0 unspecified atom stereocenters. The van der Waals surface area contributed by atoms with Gasteiger partial charge in [0.2, 0.25) is 11.6 Å². The second-order valence-electron chi connectivity index (χ2n) is 2.80. The van der Waals surface area contributed by atoms with Crippen LogP contribution in [0.2, 0.25) is 0 Å². The molecule has 13 heavy (non-hydrogen) atoms. The van der Waals surface area contributed by atoms with Crippen LogP contribution in [0.25, 0.3) is 10.9 Å². The summed E-state index contributed by atoms with van der Waals surface area (Å²) in [5.41, 5.74) is 1.15. The highest BCUT2D eigenvalue weighted by Gasteiger charge is 2.03. The highest BCUT2D eigenvalue weighted by Crippen LogP contribution is 2.06. The van der Waals surface area contributed by atoms with E-state index in [1.54, 1.807) is 0 Å². The van der Waals surface area contributed by atoms with Crippen molar-refractivity contribution >= 4 is 10.9 Å². The summed E-state index contributed by atoms with van der Waals surface area (Å²) in [5.74, 6) is 2.89. The summed E-state index contributed by atoms with van der Waals surface area (Å²) >= 11 is 0. The number of aromatic nitrogens is 1. The van der Waals surface area contributed by atoms with Gasteiger partial charge >= 0.3 is 0 Å². The quantitative estimate of drug-likeness (QED) is 0.418. The Hall–Kier alpha value is -1.81. The molecule has 0 saturated carbocycles. The monoisotopic (exact) mass is 168 g/mol. The van der Waals surface area contributed by atoms with Gasteiger partial charge in [-0.25, -0.2) is 0 Å². The minimum Gasteiger partial charge on any atom is -0.111 e. The van der Waals surface area contributed by atoms with Crippen LogP contribution in [-0.2, 0) is 0 Å². The summed E-state index contributed by atoms with van der Waals surface area (Å²) in [6, 6.07) is 15.3. The van der Waals surface area contributed by atoms with E-state index in [9.17, 15) is 0 Å². The lowest BCUT2D eigenvalue weighted by Gasteiger charge is -1.91. The third-order valence-corrected chi connectivity index (χ3v) is 1.94. The van der Waals surface area contributed by atoms with E-state index in [0.717, 1.165) is 5.52 Å². The predicted molar refractivity (Wildman–Crippen MR) is 53.0 cm³/mol. The van der Waals surface area contributed by atoms with Gasteiger partial charge in [0.1, 0.15) is 0 Å². The molecule has 0 bridgehead atoms. The number of para-hydroxylation sites is 1. The summed E-state index contributed by atoms with van der Waals surface area (Å²) < 4.78 is 1.94. The molecule has 1 aromatic carbocycles. The Morgan fingerprint density at radius 1 is 1.08 bits per heavy atom. The molecule has 2 aromatic rings. The number of benzene rings is 1. The molecule has 2 rings (SSSR count). The van der Waals surface area contributed by atoms with Crippen molar-refractivity contribution in [2.24, 2.45) is 0 Å². The van der Waals surface area contributed by atoms with E-state index in [4.69, 9.17) is 0 Å². The molecule has 0 aliphatic carbocycles. The van der Waals surface area contributed by atoms with Crippen LogP contribution in [0.15, 0.2) is 42.6 Å². The zero-order valence-corrected chi connectivity index (χ0v) is 7.49. The lowest BCUT2D eigenvalue weighted by Crippen LogP contribution is -2.27. The van der Waals surface area contributed by atoms with Crippen molar-refractivity contribution in [3.63, 3.8) is 0 Å². The van der Waals surface area contributed by atoms with Gasteiger partial charge < -0.3 is 0 Å². The normalized spacial score (nSPS) is 9.31.